The fourth-order valence-electron chi connectivity index (χ4n) is 11.9. The second kappa shape index (κ2) is 18.9. The van der Waals surface area contributed by atoms with E-state index >= 15 is 0 Å². The molecule has 0 aliphatic carbocycles. The predicted molar refractivity (Wildman–Crippen MR) is 339 cm³/mol. The van der Waals surface area contributed by atoms with Crippen LogP contribution >= 0.6 is 23.5 Å². The van der Waals surface area contributed by atoms with Crippen molar-refractivity contribution in [3.63, 3.8) is 0 Å². The van der Waals surface area contributed by atoms with Crippen molar-refractivity contribution in [2.75, 3.05) is 14.6 Å². The fourth-order valence-corrected chi connectivity index (χ4v) is 14.2. The molecular weight excluding hydrogens is 982 g/mol. The molecule has 6 heteroatoms. The lowest BCUT2D eigenvalue weighted by Crippen LogP contribution is -2.61. The first-order valence-electron chi connectivity index (χ1n) is 27.8. The summed E-state index contributed by atoms with van der Waals surface area (Å²) in [6.45, 7) is 32.2. The van der Waals surface area contributed by atoms with Crippen molar-refractivity contribution in [1.82, 2.24) is 0 Å². The molecule has 78 heavy (non-hydrogen) atoms. The summed E-state index contributed by atoms with van der Waals surface area (Å²) in [6.07, 6.45) is 0. The highest BCUT2D eigenvalue weighted by Gasteiger charge is 2.47. The molecule has 3 heterocycles. The summed E-state index contributed by atoms with van der Waals surface area (Å²) < 4.78 is 0. The molecule has 12 rings (SSSR count). The van der Waals surface area contributed by atoms with Gasteiger partial charge in [0.1, 0.15) is 0 Å². The van der Waals surface area contributed by atoms with Crippen LogP contribution in [0.15, 0.2) is 202 Å². The minimum atomic E-state index is -0.170. The SMILES string of the molecule is Cc1cc2c3c(c1)N(c1ccc(C(C)(C)C)cc1-c1ccccc1)c1cc4c(cc1B3N(c1ccc(C(C)(C)C)cc1C)c1cc(N(c3ccc(C(C)(C)C)cc3)c3ccc(C(C)(C)C)cc3)ccc1-2)Sc1ccccc1S4. The summed E-state index contributed by atoms with van der Waals surface area (Å²) in [5.41, 5.74) is 24.7. The van der Waals surface area contributed by atoms with Crippen molar-refractivity contribution in [1.29, 1.82) is 0 Å². The van der Waals surface area contributed by atoms with E-state index in [2.05, 4.69) is 294 Å². The second-order valence-electron chi connectivity index (χ2n) is 26.1. The van der Waals surface area contributed by atoms with Crippen LogP contribution in [0.25, 0.3) is 22.3 Å². The van der Waals surface area contributed by atoms with Gasteiger partial charge in [-0.25, -0.2) is 0 Å². The minimum absolute atomic E-state index is 0.0136. The van der Waals surface area contributed by atoms with E-state index in [1.807, 2.05) is 23.5 Å². The smallest absolute Gasteiger partial charge is 0.333 e. The standard InChI is InChI=1S/C72H72BN3S2/c1-45-38-57-55-35-34-54(74(52-30-24-48(25-31-52)69(3,4)5)53-32-26-49(27-33-53)70(6,7)8)42-61(55)76(59-36-28-50(40-46(59)2)71(9,10)11)73-58-43-66-67(78-65-23-19-18-22-64(65)77-66)44-62(58)75(63(39-45)68(57)73)60-37-29-51(72(12,13)14)41-56(60)47-20-16-15-17-21-47/h15-44H,1-14H3. The lowest BCUT2D eigenvalue weighted by Gasteiger charge is -2.47. The Balaban J connectivity index is 1.16. The highest BCUT2D eigenvalue weighted by Crippen LogP contribution is 2.55. The first kappa shape index (κ1) is 51.9. The fraction of sp³-hybridized carbons (Fsp3) is 0.250. The number of rotatable bonds is 6. The van der Waals surface area contributed by atoms with Gasteiger partial charge in [0.05, 0.1) is 5.69 Å². The van der Waals surface area contributed by atoms with E-state index in [1.165, 1.54) is 115 Å². The lowest BCUT2D eigenvalue weighted by atomic mass is 9.43. The maximum absolute atomic E-state index is 2.73. The molecule has 3 aliphatic rings. The molecule has 0 radical (unpaired) electrons. The van der Waals surface area contributed by atoms with Crippen LogP contribution in [0, 0.1) is 13.8 Å². The Kier molecular flexibility index (Phi) is 12.6. The zero-order chi connectivity index (χ0) is 54.8. The molecule has 0 atom stereocenters. The van der Waals surface area contributed by atoms with Crippen molar-refractivity contribution in [2.24, 2.45) is 0 Å². The van der Waals surface area contributed by atoms with E-state index in [0.29, 0.717) is 0 Å². The van der Waals surface area contributed by atoms with Crippen LogP contribution in [-0.2, 0) is 21.7 Å². The number of hydrogen-bond donors (Lipinski definition) is 0. The summed E-state index contributed by atoms with van der Waals surface area (Å²) in [5.74, 6) is 0. The van der Waals surface area contributed by atoms with E-state index in [0.717, 1.165) is 17.1 Å². The third kappa shape index (κ3) is 9.17. The molecule has 9 aromatic rings. The molecule has 0 bridgehead atoms. The Morgan fingerprint density at radius 2 is 0.885 bits per heavy atom. The summed E-state index contributed by atoms with van der Waals surface area (Å²) in [5, 5.41) is 0. The molecule has 0 unspecified atom stereocenters. The van der Waals surface area contributed by atoms with Gasteiger partial charge < -0.3 is 14.6 Å². The Hall–Kier alpha value is -6.86. The van der Waals surface area contributed by atoms with Gasteiger partial charge >= 0.3 is 6.85 Å². The number of hydrogen-bond acceptors (Lipinski definition) is 5. The first-order chi connectivity index (χ1) is 37.0. The molecule has 0 saturated heterocycles. The van der Waals surface area contributed by atoms with E-state index < -0.39 is 0 Å². The van der Waals surface area contributed by atoms with Gasteiger partial charge in [-0.3, -0.25) is 0 Å². The Morgan fingerprint density at radius 1 is 0.372 bits per heavy atom. The summed E-state index contributed by atoms with van der Waals surface area (Å²) >= 11 is 3.81. The van der Waals surface area contributed by atoms with Gasteiger partial charge in [0.15, 0.2) is 0 Å². The molecule has 3 nitrogen and oxygen atoms in total. The third-order valence-corrected chi connectivity index (χ3v) is 18.8. The average molecular weight is 1050 g/mol. The number of benzene rings is 9. The maximum Gasteiger partial charge on any atom is 0.333 e. The van der Waals surface area contributed by atoms with Gasteiger partial charge in [-0.05, 0) is 176 Å². The van der Waals surface area contributed by atoms with Gasteiger partial charge in [0.2, 0.25) is 0 Å². The van der Waals surface area contributed by atoms with Crippen LogP contribution in [-0.4, -0.2) is 6.85 Å². The van der Waals surface area contributed by atoms with E-state index in [4.69, 9.17) is 0 Å². The van der Waals surface area contributed by atoms with Crippen LogP contribution in [0.4, 0.5) is 45.5 Å². The zero-order valence-corrected chi connectivity index (χ0v) is 49.7. The molecule has 3 aliphatic heterocycles. The van der Waals surface area contributed by atoms with Crippen molar-refractivity contribution in [3.8, 4) is 22.3 Å². The van der Waals surface area contributed by atoms with Crippen LogP contribution in [0.1, 0.15) is 116 Å². The normalized spacial score (nSPS) is 13.8. The second-order valence-corrected chi connectivity index (χ2v) is 28.3. The monoisotopic (exact) mass is 1050 g/mol. The number of fused-ring (bicyclic) bond motifs is 6. The molecule has 0 fully saturated rings. The van der Waals surface area contributed by atoms with Gasteiger partial charge in [-0.2, -0.15) is 0 Å². The van der Waals surface area contributed by atoms with E-state index in [-0.39, 0.29) is 28.5 Å². The summed E-state index contributed by atoms with van der Waals surface area (Å²) in [7, 11) is 0. The maximum atomic E-state index is 2.73. The molecule has 0 N–H and O–H groups in total. The van der Waals surface area contributed by atoms with Crippen molar-refractivity contribution in [2.45, 2.75) is 138 Å². The van der Waals surface area contributed by atoms with Crippen LogP contribution < -0.4 is 25.5 Å². The Labute approximate surface area is 474 Å². The van der Waals surface area contributed by atoms with Crippen LogP contribution in [0.3, 0.4) is 0 Å². The van der Waals surface area contributed by atoms with Crippen LogP contribution in [0.5, 0.6) is 0 Å². The molecular formula is C72H72BN3S2. The van der Waals surface area contributed by atoms with E-state index in [9.17, 15) is 0 Å². The van der Waals surface area contributed by atoms with Crippen LogP contribution in [0.2, 0.25) is 0 Å². The Bertz CT molecular complexity index is 3760. The number of aryl methyl sites for hydroxylation is 2. The van der Waals surface area contributed by atoms with E-state index in [1.54, 1.807) is 0 Å². The van der Waals surface area contributed by atoms with Gasteiger partial charge in [0.25, 0.3) is 0 Å². The molecule has 9 aromatic carbocycles. The number of anilines is 8. The lowest BCUT2D eigenvalue weighted by molar-refractivity contribution is 0.589. The van der Waals surface area contributed by atoms with Gasteiger partial charge in [0, 0.05) is 70.5 Å². The highest BCUT2D eigenvalue weighted by molar-refractivity contribution is 8.05. The van der Waals surface area contributed by atoms with Gasteiger partial charge in [-0.1, -0.05) is 204 Å². The molecule has 0 spiro atoms. The van der Waals surface area contributed by atoms with Gasteiger partial charge in [-0.15, -0.1) is 0 Å². The Morgan fingerprint density at radius 3 is 1.45 bits per heavy atom. The summed E-state index contributed by atoms with van der Waals surface area (Å²) in [4.78, 5) is 13.0. The largest absolute Gasteiger partial charge is 0.376 e. The highest BCUT2D eigenvalue weighted by atomic mass is 32.2. The molecule has 390 valence electrons. The molecule has 0 saturated carbocycles. The zero-order valence-electron chi connectivity index (χ0n) is 48.1. The first-order valence-corrected chi connectivity index (χ1v) is 29.5. The van der Waals surface area contributed by atoms with Crippen molar-refractivity contribution < 1.29 is 0 Å². The minimum Gasteiger partial charge on any atom is -0.376 e. The van der Waals surface area contributed by atoms with Crippen molar-refractivity contribution >= 4 is 86.8 Å². The number of nitrogens with zero attached hydrogens (tertiary/aromatic N) is 3. The topological polar surface area (TPSA) is 9.72 Å². The quantitative estimate of drug-likeness (QED) is 0.153. The summed E-state index contributed by atoms with van der Waals surface area (Å²) in [6, 6.07) is 70.3. The molecule has 0 amide bonds. The third-order valence-electron chi connectivity index (χ3n) is 16.3. The predicted octanol–water partition coefficient (Wildman–Crippen LogP) is 20.0. The molecule has 0 aromatic heterocycles. The van der Waals surface area contributed by atoms with Crippen molar-refractivity contribution in [3.05, 3.63) is 215 Å². The average Bonchev–Trinajstić information content (AvgIpc) is 3.06.